The van der Waals surface area contributed by atoms with Gasteiger partial charge in [0.15, 0.2) is 23.5 Å². The molecule has 3 amide bonds. The number of amides is 3. The maximum absolute atomic E-state index is 12.7. The van der Waals surface area contributed by atoms with Gasteiger partial charge in [-0.25, -0.2) is 28.6 Å². The zero-order valence-corrected chi connectivity index (χ0v) is 37.3. The molecule has 0 aliphatic carbocycles. The van der Waals surface area contributed by atoms with Crippen LogP contribution in [-0.4, -0.2) is 135 Å². The minimum atomic E-state index is -5.59. The van der Waals surface area contributed by atoms with E-state index in [2.05, 4.69) is 44.9 Å². The number of carbonyl (C=O) groups is 3. The average Bonchev–Trinajstić information content (AvgIpc) is 3.95. The normalized spacial score (nSPS) is 20.3. The van der Waals surface area contributed by atoms with E-state index >= 15 is 0 Å². The molecule has 1 fully saturated rings. The van der Waals surface area contributed by atoms with E-state index in [-0.39, 0.29) is 54.7 Å². The first-order chi connectivity index (χ1) is 30.0. The number of thioether (sulfide) groups is 1. The molecule has 1 aliphatic rings. The van der Waals surface area contributed by atoms with Crippen molar-refractivity contribution >= 4 is 69.9 Å². The molecule has 3 aromatic heterocycles. The molecular weight excluding hydrogens is 935 g/mol. The molecule has 31 heteroatoms. The minimum absolute atomic E-state index is 0.0249. The highest BCUT2D eigenvalue weighted by Crippen LogP contribution is 2.61. The molecule has 27 nitrogen and oxygen atoms in total. The van der Waals surface area contributed by atoms with Crippen LogP contribution in [0.4, 0.5) is 5.82 Å². The van der Waals surface area contributed by atoms with Gasteiger partial charge in [0.05, 0.1) is 31.0 Å². The molecule has 1 saturated heterocycles. The Morgan fingerprint density at radius 3 is 2.36 bits per heavy atom. The van der Waals surface area contributed by atoms with Crippen molar-refractivity contribution in [1.82, 2.24) is 40.6 Å². The Balaban J connectivity index is 0.989. The Kier molecular flexibility index (Phi) is 17.3. The first-order valence-electron chi connectivity index (χ1n) is 18.8. The number of nitrogen functional groups attached to an aromatic ring is 1. The number of aromatic nitrogens is 5. The van der Waals surface area contributed by atoms with Gasteiger partial charge >= 0.3 is 23.5 Å². The quantitative estimate of drug-likeness (QED) is 0.0329. The third-order valence-corrected chi connectivity index (χ3v) is 13.0. The summed E-state index contributed by atoms with van der Waals surface area (Å²) in [5.41, 5.74) is 5.80. The number of hydrogen-bond donors (Lipinski definition) is 10. The van der Waals surface area contributed by atoms with E-state index in [1.54, 1.807) is 6.07 Å². The lowest BCUT2D eigenvalue weighted by atomic mass is 9.87. The van der Waals surface area contributed by atoms with Gasteiger partial charge in [-0.2, -0.15) is 4.31 Å². The lowest BCUT2D eigenvalue weighted by Gasteiger charge is -2.30. The Hall–Kier alpha value is -4.21. The highest BCUT2D eigenvalue weighted by molar-refractivity contribution is 7.99. The van der Waals surface area contributed by atoms with Gasteiger partial charge in [-0.05, 0) is 0 Å². The predicted octanol–water partition coefficient (Wildman–Crippen LogP) is 0.110. The number of carbonyl (C=O) groups excluding carboxylic acids is 3. The van der Waals surface area contributed by atoms with Crippen LogP contribution in [-0.2, 0) is 56.5 Å². The number of anilines is 1. The van der Waals surface area contributed by atoms with Gasteiger partial charge in [-0.3, -0.25) is 32.5 Å². The Morgan fingerprint density at radius 2 is 1.66 bits per heavy atom. The average molecular weight is 982 g/mol. The van der Waals surface area contributed by atoms with E-state index < -0.39 is 84.6 Å². The lowest BCUT2D eigenvalue weighted by Crippen LogP contribution is -2.46. The summed E-state index contributed by atoms with van der Waals surface area (Å²) in [4.78, 5) is 88.2. The molecule has 352 valence electrons. The number of aliphatic hydroxyl groups excluding tert-OH is 2. The van der Waals surface area contributed by atoms with Crippen molar-refractivity contribution in [2.75, 3.05) is 44.3 Å². The Morgan fingerprint density at radius 1 is 0.969 bits per heavy atom. The molecule has 11 N–H and O–H groups in total. The summed E-state index contributed by atoms with van der Waals surface area (Å²) in [6.07, 6.45) is -7.03. The first kappa shape index (κ1) is 50.8. The van der Waals surface area contributed by atoms with Crippen molar-refractivity contribution in [3.8, 4) is 11.3 Å². The van der Waals surface area contributed by atoms with E-state index in [9.17, 15) is 57.9 Å². The smallest absolute Gasteiger partial charge is 0.386 e. The third-order valence-electron chi connectivity index (χ3n) is 8.95. The summed E-state index contributed by atoms with van der Waals surface area (Å²) in [6.45, 7) is 0.437. The molecular formula is C33H46N9O18P3S. The number of ether oxygens (including phenoxy) is 1. The van der Waals surface area contributed by atoms with Gasteiger partial charge in [-0.15, -0.1) is 11.8 Å². The van der Waals surface area contributed by atoms with Crippen LogP contribution in [0, 0.1) is 5.41 Å². The number of imidazole rings is 1. The number of hydrogen-bond acceptors (Lipinski definition) is 20. The van der Waals surface area contributed by atoms with Crippen LogP contribution in [0.2, 0.25) is 0 Å². The second kappa shape index (κ2) is 21.9. The topological polar surface area (TPSA) is 402 Å². The molecule has 64 heavy (non-hydrogen) atoms. The summed E-state index contributed by atoms with van der Waals surface area (Å²) in [7, 11) is -16.4. The highest BCUT2D eigenvalue weighted by atomic mass is 32.2. The van der Waals surface area contributed by atoms with Crippen LogP contribution in [0.25, 0.3) is 22.5 Å². The maximum atomic E-state index is 12.7. The molecule has 4 heterocycles. The number of aliphatic hydroxyl groups is 2. The van der Waals surface area contributed by atoms with Gasteiger partial charge in [-0.1, -0.05) is 49.3 Å². The van der Waals surface area contributed by atoms with Crippen molar-refractivity contribution in [3.05, 3.63) is 54.7 Å². The molecule has 2 unspecified atom stereocenters. The zero-order valence-electron chi connectivity index (χ0n) is 33.8. The highest BCUT2D eigenvalue weighted by Gasteiger charge is 2.50. The van der Waals surface area contributed by atoms with E-state index in [1.807, 2.05) is 30.3 Å². The molecule has 5 rings (SSSR count). The number of benzene rings is 1. The van der Waals surface area contributed by atoms with Crippen LogP contribution in [0.3, 0.4) is 0 Å². The van der Waals surface area contributed by atoms with Crippen LogP contribution >= 0.6 is 35.2 Å². The molecule has 0 bridgehead atoms. The Bertz CT molecular complexity index is 2390. The summed E-state index contributed by atoms with van der Waals surface area (Å²) in [5, 5.41) is 33.1. The van der Waals surface area contributed by atoms with Gasteiger partial charge in [0, 0.05) is 48.9 Å². The van der Waals surface area contributed by atoms with Gasteiger partial charge < -0.3 is 60.7 Å². The van der Waals surface area contributed by atoms with Crippen LogP contribution in [0.5, 0.6) is 0 Å². The number of phosphoric acid groups is 3. The summed E-state index contributed by atoms with van der Waals surface area (Å²) in [5.74, 6) is -0.582. The van der Waals surface area contributed by atoms with Crippen molar-refractivity contribution in [1.29, 1.82) is 0 Å². The predicted molar refractivity (Wildman–Crippen MR) is 221 cm³/mol. The van der Waals surface area contributed by atoms with Crippen LogP contribution < -0.4 is 21.7 Å². The number of nitrogens with one attached hydrogen (secondary N) is 3. The monoisotopic (exact) mass is 981 g/mol. The minimum Gasteiger partial charge on any atom is -0.386 e. The molecule has 0 saturated carbocycles. The lowest BCUT2D eigenvalue weighted by molar-refractivity contribution is -0.137. The van der Waals surface area contributed by atoms with E-state index in [0.29, 0.717) is 17.2 Å². The summed E-state index contributed by atoms with van der Waals surface area (Å²) >= 11 is 1.33. The number of nitrogens with zero attached hydrogens (tertiary/aromatic N) is 5. The fourth-order valence-electron chi connectivity index (χ4n) is 5.76. The van der Waals surface area contributed by atoms with Crippen molar-refractivity contribution in [3.63, 3.8) is 0 Å². The number of phosphoric ester groups is 3. The van der Waals surface area contributed by atoms with Crippen molar-refractivity contribution in [2.45, 2.75) is 56.7 Å². The first-order valence-corrected chi connectivity index (χ1v) is 24.5. The van der Waals surface area contributed by atoms with E-state index in [0.717, 1.165) is 22.8 Å². The van der Waals surface area contributed by atoms with Crippen LogP contribution in [0.1, 0.15) is 32.2 Å². The SMILES string of the molecule is CC(C)(COP(=O)(O)OP(=O)(O)OC[C@H]1O[C@@H](n2cnc3c(N)ncnc32)[C@H](O)[C@@H]1OP(=O)(O)O)[C@@H](O)C(=O)NCCC(=O)NCCNC(=O)CSCc1cc(-c2ccccc2)on1. The molecule has 7 atom stereocenters. The summed E-state index contributed by atoms with van der Waals surface area (Å²) in [6, 6.07) is 11.2. The second-order valence-corrected chi connectivity index (χ2v) is 19.7. The van der Waals surface area contributed by atoms with Gasteiger partial charge in [0.25, 0.3) is 0 Å². The third kappa shape index (κ3) is 14.7. The van der Waals surface area contributed by atoms with Gasteiger partial charge in [0.1, 0.15) is 36.3 Å². The van der Waals surface area contributed by atoms with Crippen LogP contribution in [0.15, 0.2) is 53.6 Å². The van der Waals surface area contributed by atoms with E-state index in [4.69, 9.17) is 24.0 Å². The number of nitrogens with two attached hydrogens (primary N) is 1. The number of fused-ring (bicyclic) bond motifs is 1. The molecule has 1 aromatic carbocycles. The molecule has 0 radical (unpaired) electrons. The fourth-order valence-corrected chi connectivity index (χ4v) is 9.32. The standard InChI is InChI=1S/C33H46N9O18P3S/c1-33(2,28(46)31(47)37-9-8-23(43)35-10-11-36-24(44)15-64-14-20-12-21(58-41-20)19-6-4-3-5-7-19)16-56-63(53,54)60-62(51,52)55-13-22-27(59-61(48,49)50)26(45)32(57-22)42-18-40-25-29(34)38-17-39-30(25)42/h3-7,12,17-18,22,26-28,32,45-46H,8-11,13-16H2,1-2H3,(H,35,43)(H,36,44)(H,37,47)(H,51,52)(H,53,54)(H2,34,38,39)(H2,48,49,50)/t22-,26-,27-,28+,32-/m1/s1. The second-order valence-electron chi connectivity index (χ2n) is 14.5. The van der Waals surface area contributed by atoms with Gasteiger partial charge in [0.2, 0.25) is 17.7 Å². The number of rotatable bonds is 24. The fraction of sp³-hybridized carbons (Fsp3) is 0.485. The van der Waals surface area contributed by atoms with Crippen molar-refractivity contribution < 1.29 is 85.0 Å². The maximum Gasteiger partial charge on any atom is 0.481 e. The largest absolute Gasteiger partial charge is 0.481 e. The summed E-state index contributed by atoms with van der Waals surface area (Å²) < 4.78 is 67.6. The van der Waals surface area contributed by atoms with Crippen molar-refractivity contribution in [2.24, 2.45) is 5.41 Å². The Labute approximate surface area is 367 Å². The molecule has 4 aromatic rings. The van der Waals surface area contributed by atoms with E-state index in [1.165, 1.54) is 25.6 Å². The molecule has 1 aliphatic heterocycles. The zero-order chi connectivity index (χ0) is 46.9. The molecule has 0 spiro atoms.